The van der Waals surface area contributed by atoms with Crippen molar-refractivity contribution in [2.75, 3.05) is 0 Å². The van der Waals surface area contributed by atoms with E-state index < -0.39 is 0 Å². The van der Waals surface area contributed by atoms with Crippen LogP contribution in [0.15, 0.2) is 158 Å². The van der Waals surface area contributed by atoms with Crippen molar-refractivity contribution < 1.29 is 0 Å². The summed E-state index contributed by atoms with van der Waals surface area (Å²) in [4.78, 5) is 0. The number of hydrogen-bond acceptors (Lipinski definition) is 1. The molecule has 1 heteroatoms. The molecule has 0 spiro atoms. The van der Waals surface area contributed by atoms with Crippen molar-refractivity contribution >= 4 is 53.1 Å². The fourth-order valence-corrected chi connectivity index (χ4v) is 11.9. The first kappa shape index (κ1) is 35.2. The number of benzene rings is 9. The van der Waals surface area contributed by atoms with Gasteiger partial charge in [-0.3, -0.25) is 0 Å². The Labute approximate surface area is 345 Å². The summed E-state index contributed by atoms with van der Waals surface area (Å²) in [6.45, 7) is 9.27. The number of rotatable bonds is 8. The van der Waals surface area contributed by atoms with Gasteiger partial charge in [-0.25, -0.2) is 0 Å². The Morgan fingerprint density at radius 2 is 1.19 bits per heavy atom. The molecule has 2 atom stereocenters. The van der Waals surface area contributed by atoms with E-state index in [-0.39, 0.29) is 0 Å². The molecule has 1 heterocycles. The second-order valence-electron chi connectivity index (χ2n) is 16.6. The molecule has 0 aliphatic heterocycles. The van der Waals surface area contributed by atoms with Gasteiger partial charge in [0.2, 0.25) is 0 Å². The molecule has 2 unspecified atom stereocenters. The molecule has 0 saturated carbocycles. The lowest BCUT2D eigenvalue weighted by molar-refractivity contribution is 0.662. The fourth-order valence-electron chi connectivity index (χ4n) is 10.6. The molecule has 0 radical (unpaired) electrons. The van der Waals surface area contributed by atoms with Crippen molar-refractivity contribution in [1.29, 1.82) is 0 Å². The molecule has 0 fully saturated rings. The molecule has 0 bridgehead atoms. The van der Waals surface area contributed by atoms with Crippen molar-refractivity contribution in [1.82, 2.24) is 0 Å². The molecule has 9 aromatic carbocycles. The predicted molar refractivity (Wildman–Crippen MR) is 252 cm³/mol. The van der Waals surface area contributed by atoms with E-state index in [1.54, 1.807) is 0 Å². The molecule has 0 nitrogen and oxygen atoms in total. The zero-order chi connectivity index (χ0) is 39.1. The molecule has 11 rings (SSSR count). The second kappa shape index (κ2) is 13.8. The minimum Gasteiger partial charge on any atom is -0.134 e. The van der Waals surface area contributed by atoms with Gasteiger partial charge in [0.15, 0.2) is 0 Å². The summed E-state index contributed by atoms with van der Waals surface area (Å²) >= 11 is 1.96. The summed E-state index contributed by atoms with van der Waals surface area (Å²) in [5.74, 6) is 0.859. The van der Waals surface area contributed by atoms with Crippen molar-refractivity contribution in [3.63, 3.8) is 0 Å². The predicted octanol–water partition coefficient (Wildman–Crippen LogP) is 16.7. The van der Waals surface area contributed by atoms with Crippen molar-refractivity contribution in [3.8, 4) is 44.5 Å². The van der Waals surface area contributed by atoms with Crippen LogP contribution >= 0.6 is 11.3 Å². The molecular weight excluding hydrogens is 717 g/mol. The highest BCUT2D eigenvalue weighted by Gasteiger charge is 2.30. The SMILES string of the molecule is CCC(Cc1ccccc1)c1ccccc1-c1cc2c(cc1C)c1ccc(-c3ccc(C)c(-c4cccc5c4C(CC)c4ccccc4-5)c3)c3sc4cccc2c4c31. The highest BCUT2D eigenvalue weighted by Crippen LogP contribution is 2.52. The van der Waals surface area contributed by atoms with Gasteiger partial charge in [0, 0.05) is 26.1 Å². The van der Waals surface area contributed by atoms with Gasteiger partial charge in [0.25, 0.3) is 0 Å². The first-order valence-corrected chi connectivity index (χ1v) is 21.9. The maximum Gasteiger partial charge on any atom is 0.0440 e. The van der Waals surface area contributed by atoms with Crippen molar-refractivity contribution in [2.45, 2.75) is 58.8 Å². The van der Waals surface area contributed by atoms with Crippen LogP contribution in [-0.4, -0.2) is 0 Å². The van der Waals surface area contributed by atoms with Crippen LogP contribution in [0.1, 0.15) is 71.9 Å². The molecular formula is C57H46S. The molecule has 280 valence electrons. The molecule has 1 aliphatic carbocycles. The average molecular weight is 763 g/mol. The van der Waals surface area contributed by atoms with Gasteiger partial charge in [-0.15, -0.1) is 11.3 Å². The van der Waals surface area contributed by atoms with E-state index in [4.69, 9.17) is 0 Å². The summed E-state index contributed by atoms with van der Waals surface area (Å²) in [5.41, 5.74) is 19.3. The maximum atomic E-state index is 2.51. The van der Waals surface area contributed by atoms with E-state index in [0.717, 1.165) is 19.3 Å². The number of aryl methyl sites for hydroxylation is 2. The zero-order valence-corrected chi connectivity index (χ0v) is 34.5. The zero-order valence-electron chi connectivity index (χ0n) is 33.7. The summed E-state index contributed by atoms with van der Waals surface area (Å²) in [6, 6.07) is 60.1. The van der Waals surface area contributed by atoms with Crippen molar-refractivity contribution in [2.24, 2.45) is 0 Å². The maximum absolute atomic E-state index is 2.51. The van der Waals surface area contributed by atoms with E-state index >= 15 is 0 Å². The number of thiophene rings is 1. The molecule has 0 saturated heterocycles. The van der Waals surface area contributed by atoms with Crippen LogP contribution in [0.3, 0.4) is 0 Å². The summed E-state index contributed by atoms with van der Waals surface area (Å²) in [7, 11) is 0. The van der Waals surface area contributed by atoms with Crippen molar-refractivity contribution in [3.05, 3.63) is 191 Å². The highest BCUT2D eigenvalue weighted by molar-refractivity contribution is 7.26. The van der Waals surface area contributed by atoms with Crippen LogP contribution in [-0.2, 0) is 6.42 Å². The topological polar surface area (TPSA) is 0 Å². The fraction of sp³-hybridized carbons (Fsp3) is 0.158. The van der Waals surface area contributed by atoms with Gasteiger partial charge in [-0.1, -0.05) is 153 Å². The first-order valence-electron chi connectivity index (χ1n) is 21.1. The highest BCUT2D eigenvalue weighted by atomic mass is 32.1. The lowest BCUT2D eigenvalue weighted by atomic mass is 9.82. The first-order chi connectivity index (χ1) is 28.5. The smallest absolute Gasteiger partial charge is 0.0440 e. The summed E-state index contributed by atoms with van der Waals surface area (Å²) < 4.78 is 2.75. The molecule has 0 N–H and O–H groups in total. The van der Waals surface area contributed by atoms with Crippen LogP contribution in [0.5, 0.6) is 0 Å². The van der Waals surface area contributed by atoms with Crippen LogP contribution in [0.2, 0.25) is 0 Å². The van der Waals surface area contributed by atoms with E-state index in [0.29, 0.717) is 11.8 Å². The van der Waals surface area contributed by atoms with Gasteiger partial charge in [0.1, 0.15) is 0 Å². The second-order valence-corrected chi connectivity index (χ2v) is 17.6. The Hall–Kier alpha value is -6.02. The minimum atomic E-state index is 0.412. The van der Waals surface area contributed by atoms with Crippen LogP contribution < -0.4 is 0 Å². The summed E-state index contributed by atoms with van der Waals surface area (Å²) in [6.07, 6.45) is 3.24. The van der Waals surface area contributed by atoms with Gasteiger partial charge in [0.05, 0.1) is 0 Å². The monoisotopic (exact) mass is 762 g/mol. The largest absolute Gasteiger partial charge is 0.134 e. The van der Waals surface area contributed by atoms with Crippen LogP contribution in [0.25, 0.3) is 86.2 Å². The minimum absolute atomic E-state index is 0.412. The van der Waals surface area contributed by atoms with Crippen LogP contribution in [0.4, 0.5) is 0 Å². The Morgan fingerprint density at radius 1 is 0.500 bits per heavy atom. The van der Waals surface area contributed by atoms with Crippen LogP contribution in [0, 0.1) is 13.8 Å². The Balaban J connectivity index is 1.07. The Kier molecular flexibility index (Phi) is 8.38. The van der Waals surface area contributed by atoms with Gasteiger partial charge >= 0.3 is 0 Å². The van der Waals surface area contributed by atoms with Gasteiger partial charge in [-0.05, 0) is 157 Å². The third-order valence-corrected chi connectivity index (χ3v) is 14.6. The number of hydrogen-bond donors (Lipinski definition) is 0. The normalized spacial score (nSPS) is 14.2. The quantitative estimate of drug-likeness (QED) is 0.135. The molecule has 0 amide bonds. The van der Waals surface area contributed by atoms with Gasteiger partial charge in [-0.2, -0.15) is 0 Å². The summed E-state index contributed by atoms with van der Waals surface area (Å²) in [5, 5.41) is 8.22. The van der Waals surface area contributed by atoms with E-state index in [1.807, 2.05) is 11.3 Å². The third kappa shape index (κ3) is 5.33. The number of fused-ring (bicyclic) bond motifs is 6. The molecule has 58 heavy (non-hydrogen) atoms. The Morgan fingerprint density at radius 3 is 2.02 bits per heavy atom. The molecule has 1 aliphatic rings. The Bertz CT molecular complexity index is 3200. The lowest BCUT2D eigenvalue weighted by Crippen LogP contribution is -2.04. The van der Waals surface area contributed by atoms with Gasteiger partial charge < -0.3 is 0 Å². The average Bonchev–Trinajstić information content (AvgIpc) is 3.82. The van der Waals surface area contributed by atoms with E-state index in [9.17, 15) is 0 Å². The molecule has 1 aromatic heterocycles. The van der Waals surface area contributed by atoms with E-state index in [1.165, 1.54) is 120 Å². The van der Waals surface area contributed by atoms with E-state index in [2.05, 4.69) is 185 Å². The molecule has 10 aromatic rings. The standard InChI is InChI=1S/C57H46S/c1-5-37(31-36-16-8-7-9-17-36)40-18-10-11-20-43(40)50-33-52-47-24-15-25-53-55(47)56-48(51(52)30-35(50)4)29-28-41(57(56)58-53)38-27-26-34(3)49(32-38)46-23-14-22-45-44-21-13-12-19-42(44)39(6-2)54(45)46/h7-30,32-33,37,39H,5-6,31H2,1-4H3. The third-order valence-electron chi connectivity index (χ3n) is 13.4. The lowest BCUT2D eigenvalue weighted by Gasteiger charge is -2.21.